The van der Waals surface area contributed by atoms with Crippen LogP contribution >= 0.6 is 11.6 Å². The van der Waals surface area contributed by atoms with Crippen LogP contribution in [0.3, 0.4) is 0 Å². The first-order valence-electron chi connectivity index (χ1n) is 8.53. The smallest absolute Gasteiger partial charge is 0.287 e. The van der Waals surface area contributed by atoms with Crippen molar-refractivity contribution in [3.8, 4) is 0 Å². The molecule has 0 atom stereocenters. The van der Waals surface area contributed by atoms with Crippen LogP contribution in [0.5, 0.6) is 0 Å². The lowest BCUT2D eigenvalue weighted by Crippen LogP contribution is -2.36. The van der Waals surface area contributed by atoms with Gasteiger partial charge in [-0.1, -0.05) is 23.7 Å². The maximum absolute atomic E-state index is 12.2. The third-order valence-corrected chi connectivity index (χ3v) is 3.93. The summed E-state index contributed by atoms with van der Waals surface area (Å²) in [6, 6.07) is 10.2. The van der Waals surface area contributed by atoms with Crippen molar-refractivity contribution < 1.29 is 19.3 Å². The summed E-state index contributed by atoms with van der Waals surface area (Å²) < 4.78 is 0. The van der Waals surface area contributed by atoms with Gasteiger partial charge in [0.05, 0.1) is 16.3 Å². The average Bonchev–Trinajstić information content (AvgIpc) is 2.66. The molecule has 0 saturated heterocycles. The molecule has 0 saturated carbocycles. The van der Waals surface area contributed by atoms with Crippen LogP contribution in [0.1, 0.15) is 24.2 Å². The van der Waals surface area contributed by atoms with E-state index in [1.165, 1.54) is 25.1 Å². The van der Waals surface area contributed by atoms with Crippen molar-refractivity contribution in [1.82, 2.24) is 10.9 Å². The largest absolute Gasteiger partial charge is 0.325 e. The molecule has 0 aromatic heterocycles. The Kier molecular flexibility index (Phi) is 7.48. The van der Waals surface area contributed by atoms with E-state index in [-0.39, 0.29) is 22.2 Å². The van der Waals surface area contributed by atoms with Gasteiger partial charge in [-0.25, -0.2) is 0 Å². The molecule has 3 amide bonds. The van der Waals surface area contributed by atoms with E-state index in [1.54, 1.807) is 31.2 Å². The summed E-state index contributed by atoms with van der Waals surface area (Å²) in [5, 5.41) is 15.8. The molecule has 11 heteroatoms. The molecule has 0 spiro atoms. The molecule has 2 rings (SSSR count). The van der Waals surface area contributed by atoms with E-state index in [0.717, 1.165) is 6.07 Å². The third-order valence-electron chi connectivity index (χ3n) is 3.62. The van der Waals surface area contributed by atoms with Gasteiger partial charge in [0, 0.05) is 30.3 Å². The highest BCUT2D eigenvalue weighted by Gasteiger charge is 2.15. The molecule has 2 aromatic carbocycles. The number of hydrogen-bond donors (Lipinski definition) is 4. The van der Waals surface area contributed by atoms with Crippen molar-refractivity contribution in [3.63, 3.8) is 0 Å². The first kappa shape index (κ1) is 22.4. The van der Waals surface area contributed by atoms with Crippen molar-refractivity contribution >= 4 is 46.4 Å². The molecule has 0 radical (unpaired) electrons. The number of anilines is 2. The van der Waals surface area contributed by atoms with Crippen LogP contribution in [-0.2, 0) is 9.59 Å². The van der Waals surface area contributed by atoms with E-state index in [1.807, 2.05) is 0 Å². The predicted molar refractivity (Wildman–Crippen MR) is 112 cm³/mol. The van der Waals surface area contributed by atoms with E-state index < -0.39 is 16.7 Å². The molecule has 4 N–H and O–H groups in total. The first-order valence-corrected chi connectivity index (χ1v) is 8.91. The van der Waals surface area contributed by atoms with E-state index in [9.17, 15) is 24.5 Å². The van der Waals surface area contributed by atoms with Crippen molar-refractivity contribution in [2.24, 2.45) is 0 Å². The van der Waals surface area contributed by atoms with Gasteiger partial charge >= 0.3 is 0 Å². The molecule has 30 heavy (non-hydrogen) atoms. The van der Waals surface area contributed by atoms with Gasteiger partial charge in [0.15, 0.2) is 0 Å². The molecule has 0 aliphatic rings. The van der Waals surface area contributed by atoms with E-state index in [0.29, 0.717) is 17.1 Å². The predicted octanol–water partition coefficient (Wildman–Crippen LogP) is 2.98. The van der Waals surface area contributed by atoms with Crippen LogP contribution in [0.2, 0.25) is 5.02 Å². The van der Waals surface area contributed by atoms with E-state index >= 15 is 0 Å². The number of amides is 3. The number of allylic oxidation sites excluding steroid dienone is 1. The molecule has 2 aromatic rings. The third kappa shape index (κ3) is 6.31. The number of benzene rings is 2. The first-order chi connectivity index (χ1) is 14.2. The van der Waals surface area contributed by atoms with Crippen molar-refractivity contribution in [2.75, 3.05) is 10.6 Å². The maximum atomic E-state index is 12.2. The van der Waals surface area contributed by atoms with Crippen LogP contribution in [-0.4, -0.2) is 22.6 Å². The lowest BCUT2D eigenvalue weighted by atomic mass is 10.2. The molecule has 0 aliphatic carbocycles. The van der Waals surface area contributed by atoms with Crippen LogP contribution in [0.4, 0.5) is 17.1 Å². The number of nitro groups is 1. The number of halogens is 1. The molecule has 0 heterocycles. The molecule has 0 bridgehead atoms. The Morgan fingerprint density at radius 1 is 1.00 bits per heavy atom. The fourth-order valence-electron chi connectivity index (χ4n) is 2.32. The second-order valence-corrected chi connectivity index (χ2v) is 6.45. The zero-order valence-electron chi connectivity index (χ0n) is 16.0. The van der Waals surface area contributed by atoms with Gasteiger partial charge in [0.2, 0.25) is 11.8 Å². The molecule has 0 unspecified atom stereocenters. The molecule has 0 aliphatic heterocycles. The number of para-hydroxylation sites is 2. The van der Waals surface area contributed by atoms with Gasteiger partial charge < -0.3 is 16.1 Å². The zero-order chi connectivity index (χ0) is 22.3. The van der Waals surface area contributed by atoms with E-state index in [4.69, 9.17) is 11.6 Å². The summed E-state index contributed by atoms with van der Waals surface area (Å²) in [4.78, 5) is 45.7. The molecule has 0 fully saturated rings. The van der Waals surface area contributed by atoms with Crippen LogP contribution in [0.25, 0.3) is 0 Å². The summed E-state index contributed by atoms with van der Waals surface area (Å²) in [7, 11) is 0. The van der Waals surface area contributed by atoms with E-state index in [2.05, 4.69) is 21.5 Å². The van der Waals surface area contributed by atoms with Gasteiger partial charge in [-0.15, -0.1) is 0 Å². The lowest BCUT2D eigenvalue weighted by molar-refractivity contribution is -0.384. The normalized spacial score (nSPS) is 10.7. The van der Waals surface area contributed by atoms with Gasteiger partial charge in [0.25, 0.3) is 11.6 Å². The number of hydrogen-bond acceptors (Lipinski definition) is 6. The lowest BCUT2D eigenvalue weighted by Gasteiger charge is -2.11. The Bertz CT molecular complexity index is 1040. The minimum absolute atomic E-state index is 0.0968. The Balaban J connectivity index is 1.98. The number of hydrazine groups is 1. The molecular formula is C19H18ClN5O5. The van der Waals surface area contributed by atoms with Gasteiger partial charge in [-0.3, -0.25) is 29.9 Å². The van der Waals surface area contributed by atoms with Crippen molar-refractivity contribution in [3.05, 3.63) is 74.9 Å². The van der Waals surface area contributed by atoms with Gasteiger partial charge in [-0.05, 0) is 31.2 Å². The minimum Gasteiger partial charge on any atom is -0.325 e. The number of nitrogens with zero attached hydrogens (tertiary/aromatic N) is 1. The minimum atomic E-state index is -0.655. The van der Waals surface area contributed by atoms with Crippen molar-refractivity contribution in [1.29, 1.82) is 0 Å². The Morgan fingerprint density at radius 3 is 2.20 bits per heavy atom. The highest BCUT2D eigenvalue weighted by atomic mass is 35.5. The quantitative estimate of drug-likeness (QED) is 0.301. The monoisotopic (exact) mass is 431 g/mol. The van der Waals surface area contributed by atoms with Crippen LogP contribution < -0.4 is 21.5 Å². The standard InChI is InChI=1S/C19H18ClN5O5/c1-11(9-18(27)22-16-6-4-3-5-15(16)21-12(2)26)23-24-19(28)13-7-8-17(25(29)30)14(20)10-13/h3-10,23H,1-2H3,(H,21,26)(H,22,27)(H,24,28). The van der Waals surface area contributed by atoms with Crippen molar-refractivity contribution in [2.45, 2.75) is 13.8 Å². The van der Waals surface area contributed by atoms with Gasteiger partial charge in [-0.2, -0.15) is 0 Å². The summed E-state index contributed by atoms with van der Waals surface area (Å²) in [6.45, 7) is 2.90. The number of carbonyl (C=O) groups excluding carboxylic acids is 3. The zero-order valence-corrected chi connectivity index (χ0v) is 16.7. The summed E-state index contributed by atoms with van der Waals surface area (Å²) in [5.74, 6) is -1.37. The fourth-order valence-corrected chi connectivity index (χ4v) is 2.57. The average molecular weight is 432 g/mol. The number of nitrogens with one attached hydrogen (secondary N) is 4. The highest BCUT2D eigenvalue weighted by molar-refractivity contribution is 6.33. The van der Waals surface area contributed by atoms with Crippen LogP contribution in [0.15, 0.2) is 54.2 Å². The van der Waals surface area contributed by atoms with Gasteiger partial charge in [0.1, 0.15) is 5.02 Å². The molecule has 156 valence electrons. The Hall–Kier alpha value is -3.92. The summed E-state index contributed by atoms with van der Waals surface area (Å²) >= 11 is 5.79. The molecular weight excluding hydrogens is 414 g/mol. The number of nitro benzene ring substituents is 1. The number of rotatable bonds is 7. The number of carbonyl (C=O) groups is 3. The fraction of sp³-hybridized carbons (Fsp3) is 0.105. The Morgan fingerprint density at radius 2 is 1.63 bits per heavy atom. The summed E-state index contributed by atoms with van der Waals surface area (Å²) in [6.07, 6.45) is 1.20. The summed E-state index contributed by atoms with van der Waals surface area (Å²) in [5.41, 5.74) is 5.86. The molecule has 10 nitrogen and oxygen atoms in total. The SMILES string of the molecule is CC(=O)Nc1ccccc1NC(=O)C=C(C)NNC(=O)c1ccc([N+](=O)[O-])c(Cl)c1. The highest BCUT2D eigenvalue weighted by Crippen LogP contribution is 2.25. The van der Waals surface area contributed by atoms with Crippen LogP contribution in [0, 0.1) is 10.1 Å². The second-order valence-electron chi connectivity index (χ2n) is 6.05. The maximum Gasteiger partial charge on any atom is 0.287 e. The Labute approximate surface area is 176 Å². The second kappa shape index (κ2) is 10.0. The topological polar surface area (TPSA) is 142 Å².